The van der Waals surface area contributed by atoms with E-state index in [1.165, 1.54) is 0 Å². The van der Waals surface area contributed by atoms with Crippen molar-refractivity contribution in [2.24, 2.45) is 7.05 Å². The maximum atomic E-state index is 10.1. The van der Waals surface area contributed by atoms with Gasteiger partial charge in [0, 0.05) is 18.8 Å². The Kier molecular flexibility index (Phi) is 3.42. The van der Waals surface area contributed by atoms with Crippen LogP contribution >= 0.6 is 11.6 Å². The minimum atomic E-state index is -0.0601. The van der Waals surface area contributed by atoms with E-state index in [9.17, 15) is 4.79 Å². The molecule has 0 spiro atoms. The van der Waals surface area contributed by atoms with Crippen LogP contribution in [0.2, 0.25) is 5.15 Å². The second-order valence-corrected chi connectivity index (χ2v) is 3.86. The predicted molar refractivity (Wildman–Crippen MR) is 64.5 cm³/mol. The van der Waals surface area contributed by atoms with Crippen LogP contribution in [-0.2, 0) is 23.2 Å². The Morgan fingerprint density at radius 2 is 2.33 bits per heavy atom. The Morgan fingerprint density at radius 1 is 1.56 bits per heavy atom. The molecule has 0 radical (unpaired) electrons. The molecule has 2 aromatic rings. The molecule has 0 aromatic carbocycles. The monoisotopic (exact) mass is 267 g/mol. The molecule has 0 aliphatic carbocycles. The zero-order valence-electron chi connectivity index (χ0n) is 9.50. The number of nitrogens with two attached hydrogens (primary N) is 1. The van der Waals surface area contributed by atoms with Crippen LogP contribution in [0.4, 0.5) is 5.82 Å². The maximum absolute atomic E-state index is 10.1. The molecule has 0 aliphatic heterocycles. The molecule has 0 saturated heterocycles. The lowest BCUT2D eigenvalue weighted by molar-refractivity contribution is -0.129. The minimum absolute atomic E-state index is 0.0601. The van der Waals surface area contributed by atoms with Gasteiger partial charge >= 0.3 is 0 Å². The molecule has 8 heteroatoms. The van der Waals surface area contributed by atoms with Crippen LogP contribution in [0.5, 0.6) is 0 Å². The van der Waals surface area contributed by atoms with E-state index < -0.39 is 0 Å². The van der Waals surface area contributed by atoms with Crippen LogP contribution in [0, 0.1) is 0 Å². The fourth-order valence-corrected chi connectivity index (χ4v) is 1.66. The van der Waals surface area contributed by atoms with E-state index in [-0.39, 0.29) is 17.6 Å². The number of aromatic nitrogens is 4. The average Bonchev–Trinajstić information content (AvgIpc) is 2.76. The maximum Gasteiger partial charge on any atom is 0.293 e. The van der Waals surface area contributed by atoms with Gasteiger partial charge in [-0.3, -0.25) is 9.48 Å². The number of rotatable bonds is 4. The van der Waals surface area contributed by atoms with Crippen molar-refractivity contribution in [2.75, 3.05) is 5.73 Å². The summed E-state index contributed by atoms with van der Waals surface area (Å²) in [6, 6.07) is 0. The van der Waals surface area contributed by atoms with E-state index in [0.717, 1.165) is 0 Å². The second kappa shape index (κ2) is 5.01. The summed E-state index contributed by atoms with van der Waals surface area (Å²) in [6.45, 7) is 0.249. The number of hydrogen-bond donors (Lipinski definition) is 1. The van der Waals surface area contributed by atoms with Crippen molar-refractivity contribution in [3.05, 3.63) is 23.2 Å². The Bertz CT molecular complexity index is 584. The Labute approximate surface area is 108 Å². The van der Waals surface area contributed by atoms with E-state index in [0.29, 0.717) is 23.4 Å². The molecule has 0 unspecified atom stereocenters. The summed E-state index contributed by atoms with van der Waals surface area (Å²) < 4.78 is 6.18. The van der Waals surface area contributed by atoms with Crippen molar-refractivity contribution >= 4 is 23.9 Å². The molecule has 0 aliphatic rings. The van der Waals surface area contributed by atoms with Crippen LogP contribution in [0.25, 0.3) is 11.3 Å². The molecule has 0 amide bonds. The first-order valence-electron chi connectivity index (χ1n) is 4.98. The number of nitrogen functional groups attached to an aromatic ring is 1. The van der Waals surface area contributed by atoms with Crippen molar-refractivity contribution in [1.82, 2.24) is 19.7 Å². The third-order valence-electron chi connectivity index (χ3n) is 2.22. The normalized spacial score (nSPS) is 10.3. The SMILES string of the molecule is Cn1cc(-c2nc(N)c(COC=O)nc2Cl)cn1. The zero-order valence-corrected chi connectivity index (χ0v) is 10.3. The molecule has 0 fully saturated rings. The number of carbonyl (C=O) groups is 1. The van der Waals surface area contributed by atoms with Gasteiger partial charge in [0.2, 0.25) is 0 Å². The highest BCUT2D eigenvalue weighted by Crippen LogP contribution is 2.26. The lowest BCUT2D eigenvalue weighted by atomic mass is 10.2. The first-order chi connectivity index (χ1) is 8.61. The Morgan fingerprint density at radius 3 is 2.94 bits per heavy atom. The van der Waals surface area contributed by atoms with Crippen molar-refractivity contribution in [2.45, 2.75) is 6.61 Å². The molecule has 7 nitrogen and oxygen atoms in total. The lowest BCUT2D eigenvalue weighted by Crippen LogP contribution is -2.05. The van der Waals surface area contributed by atoms with Gasteiger partial charge in [0.05, 0.1) is 6.20 Å². The van der Waals surface area contributed by atoms with E-state index in [1.807, 2.05) is 0 Å². The third-order valence-corrected chi connectivity index (χ3v) is 2.49. The van der Waals surface area contributed by atoms with Gasteiger partial charge in [-0.25, -0.2) is 9.97 Å². The number of halogens is 1. The highest BCUT2D eigenvalue weighted by Gasteiger charge is 2.13. The molecule has 94 valence electrons. The summed E-state index contributed by atoms with van der Waals surface area (Å²) >= 11 is 6.01. The zero-order chi connectivity index (χ0) is 13.1. The smallest absolute Gasteiger partial charge is 0.293 e. The van der Waals surface area contributed by atoms with Crippen LogP contribution in [-0.4, -0.2) is 26.2 Å². The third kappa shape index (κ3) is 2.40. The van der Waals surface area contributed by atoms with Crippen molar-refractivity contribution < 1.29 is 9.53 Å². The molecule has 0 bridgehead atoms. The first-order valence-corrected chi connectivity index (χ1v) is 5.35. The summed E-state index contributed by atoms with van der Waals surface area (Å²) in [7, 11) is 1.78. The molecule has 2 aromatic heterocycles. The average molecular weight is 268 g/mol. The van der Waals surface area contributed by atoms with Gasteiger partial charge in [-0.05, 0) is 0 Å². The molecule has 0 saturated carbocycles. The molecule has 2 heterocycles. The largest absolute Gasteiger partial charge is 0.461 e. The van der Waals surface area contributed by atoms with E-state index in [4.69, 9.17) is 17.3 Å². The summed E-state index contributed by atoms with van der Waals surface area (Å²) in [5, 5.41) is 4.20. The van der Waals surface area contributed by atoms with Crippen LogP contribution in [0.15, 0.2) is 12.4 Å². The summed E-state index contributed by atoms with van der Waals surface area (Å²) in [5.74, 6) is 0.167. The number of carbonyl (C=O) groups excluding carboxylic acids is 1. The van der Waals surface area contributed by atoms with Gasteiger partial charge in [0.15, 0.2) is 5.15 Å². The molecular formula is C10H10ClN5O2. The highest BCUT2D eigenvalue weighted by atomic mass is 35.5. The predicted octanol–water partition coefficient (Wildman–Crippen LogP) is 0.786. The number of ether oxygens (including phenoxy) is 1. The first kappa shape index (κ1) is 12.3. The van der Waals surface area contributed by atoms with Crippen LogP contribution in [0.3, 0.4) is 0 Å². The standard InChI is InChI=1S/C10H10ClN5O2/c1-16-3-6(2-13-16)8-9(11)14-7(4-18-5-17)10(12)15-8/h2-3,5H,4H2,1H3,(H2,12,15). The molecule has 2 N–H and O–H groups in total. The van der Waals surface area contributed by atoms with E-state index >= 15 is 0 Å². The fraction of sp³-hybridized carbons (Fsp3) is 0.200. The van der Waals surface area contributed by atoms with Gasteiger partial charge in [0.25, 0.3) is 6.47 Å². The fourth-order valence-electron chi connectivity index (χ4n) is 1.41. The molecule has 0 atom stereocenters. The Hall–Kier alpha value is -2.15. The van der Waals surface area contributed by atoms with Crippen molar-refractivity contribution in [3.63, 3.8) is 0 Å². The van der Waals surface area contributed by atoms with Gasteiger partial charge < -0.3 is 10.5 Å². The molecule has 2 rings (SSSR count). The van der Waals surface area contributed by atoms with E-state index in [1.54, 1.807) is 24.1 Å². The summed E-state index contributed by atoms with van der Waals surface area (Å²) in [6.07, 6.45) is 3.36. The van der Waals surface area contributed by atoms with Crippen LogP contribution in [0.1, 0.15) is 5.69 Å². The topological polar surface area (TPSA) is 95.9 Å². The lowest BCUT2D eigenvalue weighted by Gasteiger charge is -2.06. The second-order valence-electron chi connectivity index (χ2n) is 3.50. The van der Waals surface area contributed by atoms with Gasteiger partial charge in [-0.15, -0.1) is 0 Å². The van der Waals surface area contributed by atoms with E-state index in [2.05, 4.69) is 19.8 Å². The van der Waals surface area contributed by atoms with Crippen molar-refractivity contribution in [3.8, 4) is 11.3 Å². The quantitative estimate of drug-likeness (QED) is 0.823. The Balaban J connectivity index is 2.39. The van der Waals surface area contributed by atoms with Gasteiger partial charge in [-0.1, -0.05) is 11.6 Å². The summed E-state index contributed by atoms with van der Waals surface area (Å²) in [5.41, 5.74) is 7.19. The van der Waals surface area contributed by atoms with Crippen molar-refractivity contribution in [1.29, 1.82) is 0 Å². The van der Waals surface area contributed by atoms with Crippen LogP contribution < -0.4 is 5.73 Å². The number of anilines is 1. The molecule has 18 heavy (non-hydrogen) atoms. The number of nitrogens with zero attached hydrogens (tertiary/aromatic N) is 4. The minimum Gasteiger partial charge on any atom is -0.461 e. The number of hydrogen-bond acceptors (Lipinski definition) is 6. The van der Waals surface area contributed by atoms with Gasteiger partial charge in [0.1, 0.15) is 23.8 Å². The molecular weight excluding hydrogens is 258 g/mol. The summed E-state index contributed by atoms with van der Waals surface area (Å²) in [4.78, 5) is 18.3. The van der Waals surface area contributed by atoms with Gasteiger partial charge in [-0.2, -0.15) is 5.10 Å². The highest BCUT2D eigenvalue weighted by molar-refractivity contribution is 6.31. The number of aryl methyl sites for hydroxylation is 1.